The van der Waals surface area contributed by atoms with Gasteiger partial charge < -0.3 is 13.9 Å². The molecule has 2 aromatic heterocycles. The Morgan fingerprint density at radius 1 is 1.24 bits per heavy atom. The predicted octanol–water partition coefficient (Wildman–Crippen LogP) is 5.23. The molecule has 1 aliphatic heterocycles. The summed E-state index contributed by atoms with van der Waals surface area (Å²) in [6, 6.07) is 9.25. The van der Waals surface area contributed by atoms with Crippen molar-refractivity contribution in [2.24, 2.45) is 0 Å². The average Bonchev–Trinajstić information content (AvgIpc) is 3.45. The molecule has 3 heterocycles. The van der Waals surface area contributed by atoms with Crippen molar-refractivity contribution in [3.63, 3.8) is 0 Å². The van der Waals surface area contributed by atoms with E-state index in [0.29, 0.717) is 44.8 Å². The van der Waals surface area contributed by atoms with E-state index < -0.39 is 11.9 Å². The van der Waals surface area contributed by atoms with Crippen LogP contribution in [0, 0.1) is 0 Å². The number of halogens is 1. The van der Waals surface area contributed by atoms with Gasteiger partial charge in [0.15, 0.2) is 22.1 Å². The molecule has 0 aliphatic carbocycles. The molecule has 5 rings (SSSR count). The number of aromatic nitrogens is 1. The van der Waals surface area contributed by atoms with Crippen molar-refractivity contribution in [3.8, 4) is 11.5 Å². The zero-order valence-corrected chi connectivity index (χ0v) is 19.0. The van der Waals surface area contributed by atoms with Crippen LogP contribution in [-0.2, 0) is 0 Å². The fourth-order valence-electron chi connectivity index (χ4n) is 3.91. The van der Waals surface area contributed by atoms with Crippen molar-refractivity contribution in [1.29, 1.82) is 0 Å². The van der Waals surface area contributed by atoms with Gasteiger partial charge >= 0.3 is 0 Å². The first-order valence-corrected chi connectivity index (χ1v) is 11.2. The van der Waals surface area contributed by atoms with Crippen LogP contribution in [0.4, 0.5) is 5.13 Å². The topological polar surface area (TPSA) is 81.9 Å². The Hall–Kier alpha value is -3.62. The van der Waals surface area contributed by atoms with Gasteiger partial charge in [-0.3, -0.25) is 14.5 Å². The van der Waals surface area contributed by atoms with Crippen LogP contribution in [0.2, 0.25) is 5.02 Å². The van der Waals surface area contributed by atoms with Crippen LogP contribution in [-0.4, -0.2) is 24.6 Å². The molecule has 1 amide bonds. The standard InChI is InChI=1S/C24H17ClN2O5S/c1-3-9-31-17-6-4-13(11-18(17)30-2)20-19-21(28)15-12-14(25)5-7-16(15)32-22(19)23(29)27(20)24-26-8-10-33-24/h3-8,10-12,20H,1,9H2,2H3. The van der Waals surface area contributed by atoms with E-state index in [2.05, 4.69) is 11.6 Å². The Labute approximate surface area is 197 Å². The summed E-state index contributed by atoms with van der Waals surface area (Å²) in [7, 11) is 1.52. The Bertz CT molecular complexity index is 1450. The quantitative estimate of drug-likeness (QED) is 0.352. The lowest BCUT2D eigenvalue weighted by Crippen LogP contribution is -2.29. The highest BCUT2D eigenvalue weighted by molar-refractivity contribution is 7.13. The minimum atomic E-state index is -0.763. The molecule has 2 aromatic carbocycles. The van der Waals surface area contributed by atoms with Crippen LogP contribution >= 0.6 is 22.9 Å². The van der Waals surface area contributed by atoms with Gasteiger partial charge in [0.05, 0.1) is 24.1 Å². The number of nitrogens with zero attached hydrogens (tertiary/aromatic N) is 2. The maximum absolute atomic E-state index is 13.6. The van der Waals surface area contributed by atoms with Gasteiger partial charge in [-0.25, -0.2) is 4.98 Å². The second-order valence-corrected chi connectivity index (χ2v) is 8.53. The maximum atomic E-state index is 13.6. The van der Waals surface area contributed by atoms with Crippen molar-refractivity contribution in [3.05, 3.63) is 92.8 Å². The van der Waals surface area contributed by atoms with E-state index >= 15 is 0 Å². The summed E-state index contributed by atoms with van der Waals surface area (Å²) in [6.07, 6.45) is 3.23. The van der Waals surface area contributed by atoms with Crippen LogP contribution in [0.1, 0.15) is 27.7 Å². The van der Waals surface area contributed by atoms with Crippen molar-refractivity contribution in [1.82, 2.24) is 4.98 Å². The number of benzene rings is 2. The lowest BCUT2D eigenvalue weighted by Gasteiger charge is -2.23. The van der Waals surface area contributed by atoms with E-state index in [1.807, 2.05) is 0 Å². The highest BCUT2D eigenvalue weighted by Crippen LogP contribution is 2.43. The second-order valence-electron chi connectivity index (χ2n) is 7.22. The van der Waals surface area contributed by atoms with Gasteiger partial charge in [-0.05, 0) is 35.9 Å². The van der Waals surface area contributed by atoms with Gasteiger partial charge in [-0.1, -0.05) is 30.3 Å². The number of methoxy groups -OCH3 is 1. The zero-order chi connectivity index (χ0) is 23.1. The van der Waals surface area contributed by atoms with Gasteiger partial charge in [-0.15, -0.1) is 11.3 Å². The number of ether oxygens (including phenoxy) is 2. The lowest BCUT2D eigenvalue weighted by molar-refractivity contribution is 0.0971. The van der Waals surface area contributed by atoms with Gasteiger partial charge in [0.2, 0.25) is 5.76 Å². The fourth-order valence-corrected chi connectivity index (χ4v) is 4.75. The number of amides is 1. The first kappa shape index (κ1) is 21.2. The van der Waals surface area contributed by atoms with E-state index in [-0.39, 0.29) is 16.8 Å². The maximum Gasteiger partial charge on any atom is 0.297 e. The summed E-state index contributed by atoms with van der Waals surface area (Å²) in [5.74, 6) is 0.525. The largest absolute Gasteiger partial charge is 0.493 e. The predicted molar refractivity (Wildman–Crippen MR) is 127 cm³/mol. The molecule has 0 spiro atoms. The van der Waals surface area contributed by atoms with Crippen LogP contribution in [0.3, 0.4) is 0 Å². The number of rotatable bonds is 6. The molecule has 0 fully saturated rings. The highest BCUT2D eigenvalue weighted by atomic mass is 35.5. The zero-order valence-electron chi connectivity index (χ0n) is 17.4. The van der Waals surface area contributed by atoms with E-state index in [1.165, 1.54) is 23.3 Å². The number of anilines is 1. The number of thiazole rings is 1. The van der Waals surface area contributed by atoms with Gasteiger partial charge in [-0.2, -0.15) is 0 Å². The fraction of sp³-hybridized carbons (Fsp3) is 0.125. The van der Waals surface area contributed by atoms with Crippen LogP contribution in [0.5, 0.6) is 11.5 Å². The minimum absolute atomic E-state index is 0.0130. The van der Waals surface area contributed by atoms with E-state index in [4.69, 9.17) is 25.5 Å². The Morgan fingerprint density at radius 2 is 2.09 bits per heavy atom. The molecule has 4 aromatic rings. The Balaban J connectivity index is 1.75. The molecular formula is C24H17ClN2O5S. The molecule has 0 saturated heterocycles. The highest BCUT2D eigenvalue weighted by Gasteiger charge is 2.45. The number of hydrogen-bond acceptors (Lipinski definition) is 7. The molecule has 166 valence electrons. The number of fused-ring (bicyclic) bond motifs is 2. The van der Waals surface area contributed by atoms with Crippen LogP contribution < -0.4 is 19.8 Å². The monoisotopic (exact) mass is 480 g/mol. The number of hydrogen-bond donors (Lipinski definition) is 0. The number of carbonyl (C=O) groups excluding carboxylic acids is 1. The van der Waals surface area contributed by atoms with Crippen molar-refractivity contribution >= 4 is 44.9 Å². The Kier molecular flexibility index (Phi) is 5.39. The molecule has 0 radical (unpaired) electrons. The molecule has 33 heavy (non-hydrogen) atoms. The third-order valence-electron chi connectivity index (χ3n) is 5.32. The molecule has 9 heteroatoms. The molecule has 0 saturated carbocycles. The van der Waals surface area contributed by atoms with E-state index in [9.17, 15) is 9.59 Å². The molecule has 1 unspecified atom stereocenters. The van der Waals surface area contributed by atoms with Gasteiger partial charge in [0, 0.05) is 16.6 Å². The molecule has 0 bridgehead atoms. The molecule has 1 atom stereocenters. The minimum Gasteiger partial charge on any atom is -0.493 e. The second kappa shape index (κ2) is 8.38. The lowest BCUT2D eigenvalue weighted by atomic mass is 9.98. The summed E-state index contributed by atoms with van der Waals surface area (Å²) < 4.78 is 17.1. The average molecular weight is 481 g/mol. The van der Waals surface area contributed by atoms with Crippen LogP contribution in [0.25, 0.3) is 11.0 Å². The molecule has 7 nitrogen and oxygen atoms in total. The summed E-state index contributed by atoms with van der Waals surface area (Å²) >= 11 is 7.42. The first-order chi connectivity index (χ1) is 16.0. The number of carbonyl (C=O) groups is 1. The third kappa shape index (κ3) is 3.48. The molecule has 1 aliphatic rings. The van der Waals surface area contributed by atoms with Gasteiger partial charge in [0.1, 0.15) is 12.2 Å². The van der Waals surface area contributed by atoms with Gasteiger partial charge in [0.25, 0.3) is 5.91 Å². The Morgan fingerprint density at radius 3 is 2.82 bits per heavy atom. The smallest absolute Gasteiger partial charge is 0.297 e. The van der Waals surface area contributed by atoms with E-state index in [0.717, 1.165) is 0 Å². The van der Waals surface area contributed by atoms with Crippen molar-refractivity contribution in [2.45, 2.75) is 6.04 Å². The molecule has 0 N–H and O–H groups in total. The third-order valence-corrected chi connectivity index (χ3v) is 6.32. The summed E-state index contributed by atoms with van der Waals surface area (Å²) in [5.41, 5.74) is 0.847. The van der Waals surface area contributed by atoms with Crippen molar-refractivity contribution < 1.29 is 18.7 Å². The molecular weight excluding hydrogens is 464 g/mol. The summed E-state index contributed by atoms with van der Waals surface area (Å²) in [6.45, 7) is 3.96. The first-order valence-electron chi connectivity index (χ1n) is 9.94. The van der Waals surface area contributed by atoms with Crippen molar-refractivity contribution in [2.75, 3.05) is 18.6 Å². The summed E-state index contributed by atoms with van der Waals surface area (Å²) in [4.78, 5) is 32.9. The van der Waals surface area contributed by atoms with E-state index in [1.54, 1.807) is 54.1 Å². The SMILES string of the molecule is C=CCOc1ccc(C2c3c(oc4ccc(Cl)cc4c3=O)C(=O)N2c2nccs2)cc1OC. The normalized spacial score (nSPS) is 15.0. The van der Waals surface area contributed by atoms with Crippen LogP contribution in [0.15, 0.2) is 69.8 Å². The summed E-state index contributed by atoms with van der Waals surface area (Å²) in [5, 5.41) is 2.92.